The van der Waals surface area contributed by atoms with Gasteiger partial charge < -0.3 is 5.32 Å². The zero-order valence-electron chi connectivity index (χ0n) is 13.0. The highest BCUT2D eigenvalue weighted by Crippen LogP contribution is 2.15. The second kappa shape index (κ2) is 7.18. The highest BCUT2D eigenvalue weighted by Gasteiger charge is 2.13. The Bertz CT molecular complexity index is 634. The molecule has 0 saturated heterocycles. The molecular formula is C17H23N3O. The summed E-state index contributed by atoms with van der Waals surface area (Å²) in [5, 5.41) is 3.52. The van der Waals surface area contributed by atoms with Gasteiger partial charge in [-0.3, -0.25) is 4.57 Å². The first-order valence-corrected chi connectivity index (χ1v) is 7.45. The van der Waals surface area contributed by atoms with E-state index in [1.807, 2.05) is 38.1 Å². The van der Waals surface area contributed by atoms with E-state index in [0.717, 1.165) is 24.4 Å². The fraction of sp³-hybridized carbons (Fsp3) is 0.412. The third-order valence-corrected chi connectivity index (χ3v) is 3.55. The van der Waals surface area contributed by atoms with Crippen molar-refractivity contribution in [2.75, 3.05) is 6.54 Å². The summed E-state index contributed by atoms with van der Waals surface area (Å²) in [5.74, 6) is 0. The molecule has 1 heterocycles. The van der Waals surface area contributed by atoms with Crippen LogP contribution in [0.5, 0.6) is 0 Å². The normalized spacial score (nSPS) is 12.3. The molecule has 0 amide bonds. The Balaban J connectivity index is 2.29. The van der Waals surface area contributed by atoms with Crippen LogP contribution in [0.25, 0.3) is 0 Å². The number of hydrogen-bond donors (Lipinski definition) is 1. The van der Waals surface area contributed by atoms with Gasteiger partial charge in [0.05, 0.1) is 6.04 Å². The van der Waals surface area contributed by atoms with Crippen LogP contribution in [0.3, 0.4) is 0 Å². The number of nitrogens with zero attached hydrogens (tertiary/aromatic N) is 2. The second-order valence-electron chi connectivity index (χ2n) is 5.35. The fourth-order valence-electron chi connectivity index (χ4n) is 2.47. The largest absolute Gasteiger partial charge is 0.348 e. The quantitative estimate of drug-likeness (QED) is 0.887. The van der Waals surface area contributed by atoms with Gasteiger partial charge in [-0.15, -0.1) is 0 Å². The lowest BCUT2D eigenvalue weighted by Crippen LogP contribution is -2.33. The van der Waals surface area contributed by atoms with Gasteiger partial charge in [-0.05, 0) is 38.4 Å². The van der Waals surface area contributed by atoms with E-state index in [9.17, 15) is 4.79 Å². The Morgan fingerprint density at radius 1 is 1.24 bits per heavy atom. The lowest BCUT2D eigenvalue weighted by Gasteiger charge is -2.21. The Labute approximate surface area is 125 Å². The molecule has 4 heteroatoms. The zero-order valence-corrected chi connectivity index (χ0v) is 13.0. The van der Waals surface area contributed by atoms with Crippen molar-refractivity contribution in [2.45, 2.75) is 39.8 Å². The number of rotatable bonds is 6. The molecule has 0 spiro atoms. The van der Waals surface area contributed by atoms with Crippen LogP contribution in [0, 0.1) is 13.8 Å². The van der Waals surface area contributed by atoms with E-state index in [-0.39, 0.29) is 11.7 Å². The second-order valence-corrected chi connectivity index (χ2v) is 5.35. The number of aryl methyl sites for hydroxylation is 2. The number of benzene rings is 1. The predicted octanol–water partition coefficient (Wildman–Crippen LogP) is 2.60. The topological polar surface area (TPSA) is 46.9 Å². The SMILES string of the molecule is CCCNC(Cn1c(C)cc(C)nc1=O)c1ccccc1. The molecule has 0 saturated carbocycles. The summed E-state index contributed by atoms with van der Waals surface area (Å²) in [5.41, 5.74) is 2.74. The summed E-state index contributed by atoms with van der Waals surface area (Å²) >= 11 is 0. The summed E-state index contributed by atoms with van der Waals surface area (Å²) in [4.78, 5) is 16.2. The molecule has 1 atom stereocenters. The summed E-state index contributed by atoms with van der Waals surface area (Å²) in [6.07, 6.45) is 1.06. The van der Waals surface area contributed by atoms with Crippen molar-refractivity contribution in [2.24, 2.45) is 0 Å². The molecule has 0 radical (unpaired) electrons. The van der Waals surface area contributed by atoms with Crippen LogP contribution in [0.15, 0.2) is 41.2 Å². The average Bonchev–Trinajstić information content (AvgIpc) is 2.46. The monoisotopic (exact) mass is 285 g/mol. The maximum absolute atomic E-state index is 12.1. The van der Waals surface area contributed by atoms with E-state index >= 15 is 0 Å². The van der Waals surface area contributed by atoms with E-state index in [1.165, 1.54) is 5.56 Å². The molecule has 1 aromatic heterocycles. The van der Waals surface area contributed by atoms with Crippen molar-refractivity contribution in [1.29, 1.82) is 0 Å². The molecule has 2 rings (SSSR count). The van der Waals surface area contributed by atoms with Gasteiger partial charge in [0.2, 0.25) is 0 Å². The molecule has 0 aliphatic heterocycles. The third-order valence-electron chi connectivity index (χ3n) is 3.55. The van der Waals surface area contributed by atoms with Gasteiger partial charge in [-0.2, -0.15) is 4.98 Å². The summed E-state index contributed by atoms with van der Waals surface area (Å²) in [6.45, 7) is 7.47. The maximum Gasteiger partial charge on any atom is 0.348 e. The minimum atomic E-state index is -0.174. The first-order valence-electron chi connectivity index (χ1n) is 7.45. The highest BCUT2D eigenvalue weighted by atomic mass is 16.1. The van der Waals surface area contributed by atoms with E-state index in [4.69, 9.17) is 0 Å². The Morgan fingerprint density at radius 2 is 1.95 bits per heavy atom. The van der Waals surface area contributed by atoms with Crippen LogP contribution < -0.4 is 11.0 Å². The van der Waals surface area contributed by atoms with Gasteiger partial charge in [-0.25, -0.2) is 4.79 Å². The van der Waals surface area contributed by atoms with Crippen LogP contribution in [0.4, 0.5) is 0 Å². The molecule has 0 fully saturated rings. The molecule has 1 aromatic carbocycles. The van der Waals surface area contributed by atoms with Crippen molar-refractivity contribution in [3.8, 4) is 0 Å². The van der Waals surface area contributed by atoms with Crippen LogP contribution in [0.2, 0.25) is 0 Å². The van der Waals surface area contributed by atoms with Gasteiger partial charge in [0, 0.05) is 17.9 Å². The number of aromatic nitrogens is 2. The Hall–Kier alpha value is -1.94. The molecule has 2 aromatic rings. The van der Waals surface area contributed by atoms with Crippen molar-refractivity contribution >= 4 is 0 Å². The Kier molecular flexibility index (Phi) is 5.28. The van der Waals surface area contributed by atoms with Gasteiger partial charge in [0.15, 0.2) is 0 Å². The molecule has 0 aliphatic carbocycles. The number of hydrogen-bond acceptors (Lipinski definition) is 3. The lowest BCUT2D eigenvalue weighted by molar-refractivity contribution is 0.446. The van der Waals surface area contributed by atoms with Crippen molar-refractivity contribution in [3.63, 3.8) is 0 Å². The van der Waals surface area contributed by atoms with Crippen LogP contribution in [-0.2, 0) is 6.54 Å². The molecule has 4 nitrogen and oxygen atoms in total. The van der Waals surface area contributed by atoms with E-state index < -0.39 is 0 Å². The van der Waals surface area contributed by atoms with Gasteiger partial charge >= 0.3 is 5.69 Å². The first-order chi connectivity index (χ1) is 10.1. The minimum absolute atomic E-state index is 0.118. The molecule has 0 bridgehead atoms. The van der Waals surface area contributed by atoms with E-state index in [0.29, 0.717) is 6.54 Å². The van der Waals surface area contributed by atoms with Crippen molar-refractivity contribution < 1.29 is 0 Å². The maximum atomic E-state index is 12.1. The minimum Gasteiger partial charge on any atom is -0.308 e. The molecule has 1 unspecified atom stereocenters. The zero-order chi connectivity index (χ0) is 15.2. The van der Waals surface area contributed by atoms with Crippen LogP contribution in [0.1, 0.15) is 36.3 Å². The van der Waals surface area contributed by atoms with Gasteiger partial charge in [0.1, 0.15) is 0 Å². The fourth-order valence-corrected chi connectivity index (χ4v) is 2.47. The van der Waals surface area contributed by atoms with E-state index in [1.54, 1.807) is 4.57 Å². The van der Waals surface area contributed by atoms with Crippen molar-refractivity contribution in [3.05, 3.63) is 63.8 Å². The van der Waals surface area contributed by atoms with Gasteiger partial charge in [-0.1, -0.05) is 37.3 Å². The summed E-state index contributed by atoms with van der Waals surface area (Å²) in [7, 11) is 0. The third kappa shape index (κ3) is 4.02. The first kappa shape index (κ1) is 15.4. The number of nitrogens with one attached hydrogen (secondary N) is 1. The smallest absolute Gasteiger partial charge is 0.308 e. The predicted molar refractivity (Wildman–Crippen MR) is 85.4 cm³/mol. The molecule has 1 N–H and O–H groups in total. The highest BCUT2D eigenvalue weighted by molar-refractivity contribution is 5.19. The van der Waals surface area contributed by atoms with E-state index in [2.05, 4.69) is 29.4 Å². The summed E-state index contributed by atoms with van der Waals surface area (Å²) < 4.78 is 1.74. The molecule has 21 heavy (non-hydrogen) atoms. The summed E-state index contributed by atoms with van der Waals surface area (Å²) in [6, 6.07) is 12.3. The molecule has 112 valence electrons. The standard InChI is InChI=1S/C17H23N3O/c1-4-10-18-16(15-8-6-5-7-9-15)12-20-14(3)11-13(2)19-17(20)21/h5-9,11,16,18H,4,10,12H2,1-3H3. The molecular weight excluding hydrogens is 262 g/mol. The van der Waals surface area contributed by atoms with Crippen LogP contribution in [-0.4, -0.2) is 16.1 Å². The average molecular weight is 285 g/mol. The van der Waals surface area contributed by atoms with Crippen molar-refractivity contribution in [1.82, 2.24) is 14.9 Å². The Morgan fingerprint density at radius 3 is 2.57 bits per heavy atom. The lowest BCUT2D eigenvalue weighted by atomic mass is 10.1. The van der Waals surface area contributed by atoms with Crippen LogP contribution >= 0.6 is 0 Å². The van der Waals surface area contributed by atoms with Gasteiger partial charge in [0.25, 0.3) is 0 Å². The molecule has 0 aliphatic rings.